The summed E-state index contributed by atoms with van der Waals surface area (Å²) in [6.07, 6.45) is 0. The maximum Gasteiger partial charge on any atom is 0.282 e. The highest BCUT2D eigenvalue weighted by Gasteiger charge is 2.58. The highest BCUT2D eigenvalue weighted by atomic mass is 35.5. The number of benzene rings is 3. The number of halogens is 1. The third-order valence-electron chi connectivity index (χ3n) is 6.10. The number of hydrogen-bond acceptors (Lipinski definition) is 6. The number of nitro groups is 1. The van der Waals surface area contributed by atoms with Crippen molar-refractivity contribution in [1.29, 1.82) is 0 Å². The summed E-state index contributed by atoms with van der Waals surface area (Å²) in [4.78, 5) is 53.1. The zero-order valence-corrected chi connectivity index (χ0v) is 19.1. The monoisotopic (exact) mass is 491 g/mol. The zero-order valence-electron chi connectivity index (χ0n) is 18.4. The molecular weight excluding hydrogens is 474 g/mol. The van der Waals surface area contributed by atoms with Crippen LogP contribution in [0.25, 0.3) is 0 Å². The van der Waals surface area contributed by atoms with Crippen molar-refractivity contribution in [3.05, 3.63) is 98.6 Å². The lowest BCUT2D eigenvalue weighted by Gasteiger charge is -2.49. The van der Waals surface area contributed by atoms with Crippen molar-refractivity contribution in [2.75, 3.05) is 11.5 Å². The number of rotatable bonds is 6. The number of nitro benzene ring substituents is 1. The molecule has 0 spiro atoms. The number of ether oxygens (including phenoxy) is 1. The Bertz CT molecular complexity index is 1370. The fraction of sp³-hybridized carbons (Fsp3) is 0.160. The third-order valence-corrected chi connectivity index (χ3v) is 6.36. The average molecular weight is 492 g/mol. The Balaban J connectivity index is 1.58. The van der Waals surface area contributed by atoms with Crippen LogP contribution in [0, 0.1) is 10.1 Å². The van der Waals surface area contributed by atoms with E-state index in [2.05, 4.69) is 0 Å². The summed E-state index contributed by atoms with van der Waals surface area (Å²) in [7, 11) is 0. The van der Waals surface area contributed by atoms with Crippen LogP contribution in [0.1, 0.15) is 39.2 Å². The van der Waals surface area contributed by atoms with Gasteiger partial charge in [-0.1, -0.05) is 29.8 Å². The minimum atomic E-state index is -1.17. The third kappa shape index (κ3) is 3.52. The molecule has 2 heterocycles. The van der Waals surface area contributed by atoms with Crippen molar-refractivity contribution in [1.82, 2.24) is 4.90 Å². The van der Waals surface area contributed by atoms with Crippen LogP contribution in [0.5, 0.6) is 5.75 Å². The van der Waals surface area contributed by atoms with Gasteiger partial charge in [-0.25, -0.2) is 0 Å². The lowest BCUT2D eigenvalue weighted by atomic mass is 9.86. The number of carbonyl (C=O) groups excluding carboxylic acids is 3. The molecule has 1 fully saturated rings. The van der Waals surface area contributed by atoms with Crippen LogP contribution in [0.3, 0.4) is 0 Å². The van der Waals surface area contributed by atoms with Crippen LogP contribution in [0.2, 0.25) is 5.02 Å². The van der Waals surface area contributed by atoms with E-state index in [9.17, 15) is 24.5 Å². The zero-order chi connectivity index (χ0) is 24.9. The molecule has 0 saturated carbocycles. The molecule has 3 aromatic carbocycles. The maximum atomic E-state index is 13.4. The van der Waals surface area contributed by atoms with Crippen LogP contribution in [-0.2, 0) is 4.79 Å². The quantitative estimate of drug-likeness (QED) is 0.219. The fourth-order valence-electron chi connectivity index (χ4n) is 4.56. The molecule has 5 rings (SSSR count). The summed E-state index contributed by atoms with van der Waals surface area (Å²) in [5.74, 6) is -1.45. The Hall–Kier alpha value is -4.24. The Morgan fingerprint density at radius 1 is 0.914 bits per heavy atom. The van der Waals surface area contributed by atoms with Crippen molar-refractivity contribution < 1.29 is 24.0 Å². The molecule has 0 radical (unpaired) electrons. The van der Waals surface area contributed by atoms with Crippen LogP contribution in [-0.4, -0.2) is 40.2 Å². The minimum absolute atomic E-state index is 0.0904. The van der Waals surface area contributed by atoms with E-state index in [-0.39, 0.29) is 11.1 Å². The van der Waals surface area contributed by atoms with Crippen molar-refractivity contribution in [2.45, 2.75) is 19.0 Å². The van der Waals surface area contributed by atoms with Crippen molar-refractivity contribution in [2.24, 2.45) is 0 Å². The number of carbonyl (C=O) groups is 3. The van der Waals surface area contributed by atoms with E-state index in [1.807, 2.05) is 6.92 Å². The van der Waals surface area contributed by atoms with Gasteiger partial charge in [0.05, 0.1) is 23.1 Å². The molecule has 0 aliphatic carbocycles. The topological polar surface area (TPSA) is 110 Å². The maximum absolute atomic E-state index is 13.4. The molecule has 3 amide bonds. The Labute approximate surface area is 204 Å². The van der Waals surface area contributed by atoms with Gasteiger partial charge < -0.3 is 9.64 Å². The second kappa shape index (κ2) is 8.52. The molecule has 1 saturated heterocycles. The van der Waals surface area contributed by atoms with E-state index in [4.69, 9.17) is 16.3 Å². The number of imide groups is 1. The van der Waals surface area contributed by atoms with Gasteiger partial charge >= 0.3 is 0 Å². The average Bonchev–Trinajstić information content (AvgIpc) is 3.10. The number of nitrogens with zero attached hydrogens (tertiary/aromatic N) is 3. The molecule has 35 heavy (non-hydrogen) atoms. The first kappa shape index (κ1) is 22.5. The lowest BCUT2D eigenvalue weighted by molar-refractivity contribution is -0.385. The van der Waals surface area contributed by atoms with Crippen LogP contribution >= 0.6 is 11.6 Å². The first-order valence-corrected chi connectivity index (χ1v) is 11.2. The molecule has 10 heteroatoms. The predicted molar refractivity (Wildman–Crippen MR) is 127 cm³/mol. The summed E-state index contributed by atoms with van der Waals surface area (Å²) >= 11 is 6.01. The van der Waals surface area contributed by atoms with E-state index in [1.165, 1.54) is 23.1 Å². The van der Waals surface area contributed by atoms with Gasteiger partial charge in [-0.3, -0.25) is 29.4 Å². The van der Waals surface area contributed by atoms with Gasteiger partial charge in [0.2, 0.25) is 0 Å². The first-order chi connectivity index (χ1) is 16.8. The minimum Gasteiger partial charge on any atom is -0.494 e. The fourth-order valence-corrected chi connectivity index (χ4v) is 4.69. The highest BCUT2D eigenvalue weighted by Crippen LogP contribution is 2.45. The SMILES string of the molecule is CCOc1ccc([C@@H]2[C@@H](N3C(=O)c4cccc([N+](=O)[O-])c4C3=O)C(=O)N2c2ccc(Cl)cc2)cc1. The standard InChI is InChI=1S/C25H18ClN3O6/c1-2-35-17-12-6-14(7-13-17)21-22(25(32)27(21)16-10-8-15(26)9-11-16)28-23(30)18-4-3-5-19(29(33)34)20(18)24(28)31/h3-13,21-22H,2H2,1H3/t21-,22-/m1/s1. The van der Waals surface area contributed by atoms with Gasteiger partial charge in [0.25, 0.3) is 23.4 Å². The smallest absolute Gasteiger partial charge is 0.282 e. The predicted octanol–water partition coefficient (Wildman–Crippen LogP) is 4.40. The van der Waals surface area contributed by atoms with Gasteiger partial charge in [0, 0.05) is 16.8 Å². The van der Waals surface area contributed by atoms with Gasteiger partial charge in [0.1, 0.15) is 17.4 Å². The van der Waals surface area contributed by atoms with E-state index >= 15 is 0 Å². The molecule has 0 unspecified atom stereocenters. The number of β-lactam (4-membered cyclic amide) rings is 1. The van der Waals surface area contributed by atoms with E-state index in [0.29, 0.717) is 28.6 Å². The molecule has 2 aliphatic rings. The summed E-state index contributed by atoms with van der Waals surface area (Å²) in [5.41, 5.74) is 0.344. The van der Waals surface area contributed by atoms with Gasteiger partial charge in [-0.2, -0.15) is 0 Å². The molecule has 3 aromatic rings. The number of anilines is 1. The van der Waals surface area contributed by atoms with Crippen molar-refractivity contribution in [3.63, 3.8) is 0 Å². The number of hydrogen-bond donors (Lipinski definition) is 0. The molecule has 0 aromatic heterocycles. The summed E-state index contributed by atoms with van der Waals surface area (Å²) in [5, 5.41) is 12.0. The van der Waals surface area contributed by atoms with Crippen LogP contribution in [0.4, 0.5) is 11.4 Å². The molecule has 0 N–H and O–H groups in total. The van der Waals surface area contributed by atoms with Crippen LogP contribution in [0.15, 0.2) is 66.7 Å². The largest absolute Gasteiger partial charge is 0.494 e. The molecule has 2 aliphatic heterocycles. The molecule has 0 bridgehead atoms. The second-order valence-electron chi connectivity index (χ2n) is 8.01. The van der Waals surface area contributed by atoms with Crippen molar-refractivity contribution >= 4 is 40.7 Å². The summed E-state index contributed by atoms with van der Waals surface area (Å²) in [6.45, 7) is 2.34. The van der Waals surface area contributed by atoms with Gasteiger partial charge in [-0.05, 0) is 55.0 Å². The summed E-state index contributed by atoms with van der Waals surface area (Å²) in [6, 6.07) is 15.6. The Morgan fingerprint density at radius 2 is 1.60 bits per heavy atom. The normalized spacial score (nSPS) is 19.0. The molecule has 9 nitrogen and oxygen atoms in total. The molecular formula is C25H18ClN3O6. The van der Waals surface area contributed by atoms with E-state index in [1.54, 1.807) is 48.5 Å². The molecule has 2 atom stereocenters. The second-order valence-corrected chi connectivity index (χ2v) is 8.45. The first-order valence-electron chi connectivity index (χ1n) is 10.8. The molecule has 176 valence electrons. The lowest BCUT2D eigenvalue weighted by Crippen LogP contribution is -2.67. The van der Waals surface area contributed by atoms with Crippen LogP contribution < -0.4 is 9.64 Å². The Kier molecular flexibility index (Phi) is 5.49. The van der Waals surface area contributed by atoms with Gasteiger partial charge in [-0.15, -0.1) is 0 Å². The van der Waals surface area contributed by atoms with E-state index < -0.39 is 40.4 Å². The number of fused-ring (bicyclic) bond motifs is 1. The highest BCUT2D eigenvalue weighted by molar-refractivity contribution is 6.30. The Morgan fingerprint density at radius 3 is 2.23 bits per heavy atom. The van der Waals surface area contributed by atoms with Crippen molar-refractivity contribution in [3.8, 4) is 5.75 Å². The summed E-state index contributed by atoms with van der Waals surface area (Å²) < 4.78 is 5.50. The van der Waals surface area contributed by atoms with Gasteiger partial charge in [0.15, 0.2) is 0 Å². The van der Waals surface area contributed by atoms with E-state index in [0.717, 1.165) is 4.90 Å². The number of amides is 3.